The lowest BCUT2D eigenvalue weighted by Crippen LogP contribution is -2.26. The van der Waals surface area contributed by atoms with Crippen LogP contribution in [0.25, 0.3) is 0 Å². The Morgan fingerprint density at radius 3 is 2.29 bits per heavy atom. The first kappa shape index (κ1) is 12.9. The lowest BCUT2D eigenvalue weighted by atomic mass is 10.0. The number of rotatable bonds is 4. The lowest BCUT2D eigenvalue weighted by molar-refractivity contribution is -0.156. The molecule has 1 atom stereocenters. The third-order valence-corrected chi connectivity index (χ3v) is 1.58. The Hall–Kier alpha value is -1.12. The average Bonchev–Trinajstić information content (AvgIpc) is 1.99. The number of allylic oxidation sites excluding steroid dienone is 1. The number of carbonyl (C=O) groups is 2. The van der Waals surface area contributed by atoms with Crippen molar-refractivity contribution in [2.75, 3.05) is 0 Å². The molecule has 14 heavy (non-hydrogen) atoms. The van der Waals surface area contributed by atoms with Crippen LogP contribution in [0.15, 0.2) is 12.7 Å². The summed E-state index contributed by atoms with van der Waals surface area (Å²) in [6.45, 7) is 10.4. The van der Waals surface area contributed by atoms with E-state index in [4.69, 9.17) is 4.74 Å². The second kappa shape index (κ2) is 4.94. The highest BCUT2D eigenvalue weighted by molar-refractivity contribution is 5.93. The van der Waals surface area contributed by atoms with Crippen LogP contribution in [-0.4, -0.2) is 17.4 Å². The number of esters is 1. The van der Waals surface area contributed by atoms with Crippen LogP contribution in [0.4, 0.5) is 0 Å². The van der Waals surface area contributed by atoms with Crippen LogP contribution in [0.2, 0.25) is 0 Å². The van der Waals surface area contributed by atoms with Gasteiger partial charge in [-0.15, -0.1) is 0 Å². The number of ketones is 1. The van der Waals surface area contributed by atoms with Gasteiger partial charge in [0.05, 0.1) is 6.42 Å². The highest BCUT2D eigenvalue weighted by Crippen LogP contribution is 2.12. The maximum atomic E-state index is 11.3. The van der Waals surface area contributed by atoms with E-state index >= 15 is 0 Å². The molecule has 0 amide bonds. The van der Waals surface area contributed by atoms with Gasteiger partial charge < -0.3 is 4.74 Å². The van der Waals surface area contributed by atoms with Crippen molar-refractivity contribution in [2.24, 2.45) is 5.92 Å². The van der Waals surface area contributed by atoms with Gasteiger partial charge in [0.1, 0.15) is 5.60 Å². The van der Waals surface area contributed by atoms with Crippen molar-refractivity contribution < 1.29 is 14.3 Å². The highest BCUT2D eigenvalue weighted by atomic mass is 16.6. The number of ether oxygens (including phenoxy) is 1. The fourth-order valence-electron chi connectivity index (χ4n) is 0.935. The molecule has 0 aliphatic carbocycles. The molecule has 0 fully saturated rings. The van der Waals surface area contributed by atoms with E-state index in [0.29, 0.717) is 0 Å². The zero-order valence-electron chi connectivity index (χ0n) is 9.29. The first-order chi connectivity index (χ1) is 6.26. The summed E-state index contributed by atoms with van der Waals surface area (Å²) in [7, 11) is 0. The molecule has 3 heteroatoms. The molecule has 0 aliphatic rings. The molecule has 0 aromatic carbocycles. The van der Waals surface area contributed by atoms with E-state index < -0.39 is 5.60 Å². The van der Waals surface area contributed by atoms with Crippen molar-refractivity contribution in [3.05, 3.63) is 12.7 Å². The predicted octanol–water partition coefficient (Wildman–Crippen LogP) is 2.11. The van der Waals surface area contributed by atoms with E-state index in [1.165, 1.54) is 6.08 Å². The molecular formula is C11H18O3. The molecule has 0 heterocycles. The van der Waals surface area contributed by atoms with Crippen LogP contribution >= 0.6 is 0 Å². The molecule has 0 saturated heterocycles. The van der Waals surface area contributed by atoms with Gasteiger partial charge in [-0.05, 0) is 26.8 Å². The SMILES string of the molecule is C=CC(=O)[C@H](C)CC(=O)OC(C)(C)C. The summed E-state index contributed by atoms with van der Waals surface area (Å²) in [6, 6.07) is 0. The topological polar surface area (TPSA) is 43.4 Å². The lowest BCUT2D eigenvalue weighted by Gasteiger charge is -2.20. The summed E-state index contributed by atoms with van der Waals surface area (Å²) >= 11 is 0. The summed E-state index contributed by atoms with van der Waals surface area (Å²) in [6.07, 6.45) is 1.34. The van der Waals surface area contributed by atoms with Gasteiger partial charge in [0.15, 0.2) is 5.78 Å². The third kappa shape index (κ3) is 5.51. The fourth-order valence-corrected chi connectivity index (χ4v) is 0.935. The molecule has 0 N–H and O–H groups in total. The van der Waals surface area contributed by atoms with Crippen LogP contribution in [0.3, 0.4) is 0 Å². The minimum atomic E-state index is -0.492. The Kier molecular flexibility index (Phi) is 4.54. The van der Waals surface area contributed by atoms with Crippen molar-refractivity contribution in [1.82, 2.24) is 0 Å². The zero-order chi connectivity index (χ0) is 11.4. The zero-order valence-corrected chi connectivity index (χ0v) is 9.29. The first-order valence-corrected chi connectivity index (χ1v) is 4.64. The molecule has 0 spiro atoms. The molecule has 0 saturated carbocycles. The van der Waals surface area contributed by atoms with E-state index in [9.17, 15) is 9.59 Å². The quantitative estimate of drug-likeness (QED) is 0.513. The second-order valence-corrected chi connectivity index (χ2v) is 4.30. The summed E-state index contributed by atoms with van der Waals surface area (Å²) < 4.78 is 5.08. The normalized spacial score (nSPS) is 13.1. The van der Waals surface area contributed by atoms with Crippen molar-refractivity contribution >= 4 is 11.8 Å². The van der Waals surface area contributed by atoms with Crippen LogP contribution in [0.5, 0.6) is 0 Å². The molecule has 0 bridgehead atoms. The molecule has 0 radical (unpaired) electrons. The van der Waals surface area contributed by atoms with Gasteiger partial charge in [-0.2, -0.15) is 0 Å². The van der Waals surface area contributed by atoms with E-state index in [1.54, 1.807) is 27.7 Å². The molecule has 0 aromatic heterocycles. The third-order valence-electron chi connectivity index (χ3n) is 1.58. The van der Waals surface area contributed by atoms with Gasteiger partial charge in [0, 0.05) is 5.92 Å². The van der Waals surface area contributed by atoms with Crippen LogP contribution in [0.1, 0.15) is 34.1 Å². The van der Waals surface area contributed by atoms with Crippen LogP contribution < -0.4 is 0 Å². The van der Waals surface area contributed by atoms with Crippen LogP contribution in [-0.2, 0) is 14.3 Å². The maximum Gasteiger partial charge on any atom is 0.307 e. The summed E-state index contributed by atoms with van der Waals surface area (Å²) in [4.78, 5) is 22.4. The molecule has 80 valence electrons. The van der Waals surface area contributed by atoms with Crippen molar-refractivity contribution in [3.63, 3.8) is 0 Å². The van der Waals surface area contributed by atoms with Gasteiger partial charge in [-0.3, -0.25) is 9.59 Å². The first-order valence-electron chi connectivity index (χ1n) is 4.64. The van der Waals surface area contributed by atoms with E-state index in [-0.39, 0.29) is 24.1 Å². The van der Waals surface area contributed by atoms with E-state index in [1.807, 2.05) is 0 Å². The van der Waals surface area contributed by atoms with Gasteiger partial charge in [0.2, 0.25) is 0 Å². The van der Waals surface area contributed by atoms with Crippen molar-refractivity contribution in [1.29, 1.82) is 0 Å². The van der Waals surface area contributed by atoms with Gasteiger partial charge >= 0.3 is 5.97 Å². The fraction of sp³-hybridized carbons (Fsp3) is 0.636. The van der Waals surface area contributed by atoms with Gasteiger partial charge in [0.25, 0.3) is 0 Å². The van der Waals surface area contributed by atoms with E-state index in [0.717, 1.165) is 0 Å². The molecule has 0 aromatic rings. The Balaban J connectivity index is 4.07. The number of hydrogen-bond acceptors (Lipinski definition) is 3. The summed E-state index contributed by atoms with van der Waals surface area (Å²) in [5, 5.41) is 0. The smallest absolute Gasteiger partial charge is 0.307 e. The maximum absolute atomic E-state index is 11.3. The van der Waals surface area contributed by atoms with Gasteiger partial charge in [-0.1, -0.05) is 13.5 Å². The van der Waals surface area contributed by atoms with E-state index in [2.05, 4.69) is 6.58 Å². The largest absolute Gasteiger partial charge is 0.460 e. The number of hydrogen-bond donors (Lipinski definition) is 0. The Morgan fingerprint density at radius 2 is 1.93 bits per heavy atom. The number of carbonyl (C=O) groups excluding carboxylic acids is 2. The minimum absolute atomic E-state index is 0.113. The molecular weight excluding hydrogens is 180 g/mol. The Bertz CT molecular complexity index is 235. The molecule has 0 unspecified atom stereocenters. The standard InChI is InChI=1S/C11H18O3/c1-6-9(12)8(2)7-10(13)14-11(3,4)5/h6,8H,1,7H2,2-5H3/t8-/m1/s1. The van der Waals surface area contributed by atoms with Gasteiger partial charge in [-0.25, -0.2) is 0 Å². The molecule has 3 nitrogen and oxygen atoms in total. The summed E-state index contributed by atoms with van der Waals surface area (Å²) in [5.74, 6) is -0.821. The molecule has 0 rings (SSSR count). The van der Waals surface area contributed by atoms with Crippen LogP contribution in [0, 0.1) is 5.92 Å². The summed E-state index contributed by atoms with van der Waals surface area (Å²) in [5.41, 5.74) is -0.492. The highest BCUT2D eigenvalue weighted by Gasteiger charge is 2.20. The Labute approximate surface area is 85.1 Å². The van der Waals surface area contributed by atoms with Crippen molar-refractivity contribution in [3.8, 4) is 0 Å². The predicted molar refractivity (Wildman–Crippen MR) is 54.8 cm³/mol. The minimum Gasteiger partial charge on any atom is -0.460 e. The van der Waals surface area contributed by atoms with Crippen molar-refractivity contribution in [2.45, 2.75) is 39.7 Å². The second-order valence-electron chi connectivity index (χ2n) is 4.30. The molecule has 0 aliphatic heterocycles. The Morgan fingerprint density at radius 1 is 1.43 bits per heavy atom. The monoisotopic (exact) mass is 198 g/mol. The average molecular weight is 198 g/mol.